The van der Waals surface area contributed by atoms with Crippen LogP contribution >= 0.6 is 0 Å². The second kappa shape index (κ2) is 1.59. The van der Waals surface area contributed by atoms with E-state index in [0.29, 0.717) is 6.42 Å². The van der Waals surface area contributed by atoms with Crippen LogP contribution in [0.15, 0.2) is 0 Å². The van der Waals surface area contributed by atoms with Crippen molar-refractivity contribution in [3.05, 3.63) is 0 Å². The van der Waals surface area contributed by atoms with E-state index in [1.165, 1.54) is 0 Å². The molecule has 0 heterocycles. The molecule has 0 aliphatic heterocycles. The molecule has 1 aliphatic carbocycles. The van der Waals surface area contributed by atoms with E-state index >= 15 is 0 Å². The van der Waals surface area contributed by atoms with Crippen molar-refractivity contribution in [3.63, 3.8) is 0 Å². The van der Waals surface area contributed by atoms with Gasteiger partial charge in [-0.15, -0.1) is 0 Å². The zero-order chi connectivity index (χ0) is 6.04. The number of nitrogens with zero attached hydrogens (tertiary/aromatic N) is 1. The molecular formula is C6H6NO. The molecule has 1 aliphatic rings. The summed E-state index contributed by atoms with van der Waals surface area (Å²) in [5.74, 6) is 0. The van der Waals surface area contributed by atoms with Crippen LogP contribution in [-0.4, -0.2) is 6.29 Å². The summed E-state index contributed by atoms with van der Waals surface area (Å²) in [6.45, 7) is 0. The van der Waals surface area contributed by atoms with Crippen LogP contribution < -0.4 is 0 Å². The van der Waals surface area contributed by atoms with Gasteiger partial charge < -0.3 is 0 Å². The molecule has 0 unspecified atom stereocenters. The molecule has 0 N–H and O–H groups in total. The lowest BCUT2D eigenvalue weighted by Crippen LogP contribution is -1.98. The van der Waals surface area contributed by atoms with Crippen molar-refractivity contribution in [1.82, 2.24) is 0 Å². The lowest BCUT2D eigenvalue weighted by Gasteiger charge is -1.91. The Kier molecular flexibility index (Phi) is 1.05. The van der Waals surface area contributed by atoms with Gasteiger partial charge in [0.2, 0.25) is 6.29 Å². The van der Waals surface area contributed by atoms with Gasteiger partial charge in [0, 0.05) is 11.8 Å². The van der Waals surface area contributed by atoms with Gasteiger partial charge in [-0.2, -0.15) is 5.26 Å². The summed E-state index contributed by atoms with van der Waals surface area (Å²) in [6.07, 6.45) is 3.97. The van der Waals surface area contributed by atoms with Gasteiger partial charge in [-0.05, 0) is 12.8 Å². The van der Waals surface area contributed by atoms with E-state index in [1.54, 1.807) is 0 Å². The van der Waals surface area contributed by atoms with Crippen LogP contribution in [0.4, 0.5) is 0 Å². The average Bonchev–Trinajstić information content (AvgIpc) is 2.50. The fourth-order valence-electron chi connectivity index (χ4n) is 0.617. The summed E-state index contributed by atoms with van der Waals surface area (Å²) < 4.78 is 0. The molecule has 0 aromatic heterocycles. The number of nitriles is 1. The van der Waals surface area contributed by atoms with Crippen molar-refractivity contribution < 1.29 is 4.79 Å². The Balaban J connectivity index is 2.44. The van der Waals surface area contributed by atoms with Gasteiger partial charge in [0.15, 0.2) is 0 Å². The fourth-order valence-corrected chi connectivity index (χ4v) is 0.617. The molecule has 0 atom stereocenters. The van der Waals surface area contributed by atoms with E-state index in [4.69, 9.17) is 5.26 Å². The second-order valence-electron chi connectivity index (χ2n) is 2.22. The summed E-state index contributed by atoms with van der Waals surface area (Å²) in [7, 11) is 0. The zero-order valence-electron chi connectivity index (χ0n) is 4.48. The third-order valence-electron chi connectivity index (χ3n) is 1.49. The molecule has 1 radical (unpaired) electrons. The summed E-state index contributed by atoms with van der Waals surface area (Å²) in [4.78, 5) is 10.0. The first-order valence-corrected chi connectivity index (χ1v) is 2.59. The van der Waals surface area contributed by atoms with Gasteiger partial charge in [-0.3, -0.25) is 4.79 Å². The van der Waals surface area contributed by atoms with Crippen LogP contribution in [0.25, 0.3) is 0 Å². The number of carbonyl (C=O) groups excluding carboxylic acids is 1. The number of rotatable bonds is 2. The molecule has 2 heteroatoms. The maximum Gasteiger partial charge on any atom is 0.206 e. The maximum atomic E-state index is 10.0. The Hall–Kier alpha value is -0.840. The van der Waals surface area contributed by atoms with E-state index < -0.39 is 0 Å². The smallest absolute Gasteiger partial charge is 0.206 e. The van der Waals surface area contributed by atoms with Crippen LogP contribution in [0.2, 0.25) is 0 Å². The molecule has 0 aromatic carbocycles. The van der Waals surface area contributed by atoms with Gasteiger partial charge in [-0.25, -0.2) is 0 Å². The van der Waals surface area contributed by atoms with Crippen molar-refractivity contribution in [2.24, 2.45) is 5.41 Å². The molecular weight excluding hydrogens is 102 g/mol. The summed E-state index contributed by atoms with van der Waals surface area (Å²) in [5, 5.41) is 8.14. The second-order valence-corrected chi connectivity index (χ2v) is 2.22. The number of hydrogen-bond donors (Lipinski definition) is 0. The van der Waals surface area contributed by atoms with Crippen LogP contribution in [0.1, 0.15) is 19.3 Å². The minimum atomic E-state index is -0.325. The first-order valence-electron chi connectivity index (χ1n) is 2.59. The normalized spacial score (nSPS) is 21.4. The van der Waals surface area contributed by atoms with Crippen molar-refractivity contribution in [2.45, 2.75) is 19.3 Å². The molecule has 8 heavy (non-hydrogen) atoms. The molecule has 1 saturated carbocycles. The molecule has 1 fully saturated rings. The summed E-state index contributed by atoms with van der Waals surface area (Å²) in [5.41, 5.74) is -0.325. The van der Waals surface area contributed by atoms with Crippen LogP contribution in [0.5, 0.6) is 0 Å². The highest BCUT2D eigenvalue weighted by atomic mass is 16.1. The van der Waals surface area contributed by atoms with E-state index in [-0.39, 0.29) is 5.41 Å². The van der Waals surface area contributed by atoms with E-state index in [2.05, 4.69) is 0 Å². The minimum Gasteiger partial charge on any atom is -0.290 e. The zero-order valence-corrected chi connectivity index (χ0v) is 4.48. The molecule has 1 rings (SSSR count). The molecule has 0 bridgehead atoms. The quantitative estimate of drug-likeness (QED) is 0.524. The Labute approximate surface area is 48.1 Å². The number of hydrogen-bond acceptors (Lipinski definition) is 2. The van der Waals surface area contributed by atoms with Crippen molar-refractivity contribution >= 4 is 6.29 Å². The van der Waals surface area contributed by atoms with Crippen molar-refractivity contribution in [3.8, 4) is 6.07 Å². The van der Waals surface area contributed by atoms with Crippen LogP contribution in [0.3, 0.4) is 0 Å². The Morgan fingerprint density at radius 2 is 2.25 bits per heavy atom. The topological polar surface area (TPSA) is 40.9 Å². The van der Waals surface area contributed by atoms with Crippen LogP contribution in [0, 0.1) is 16.7 Å². The predicted molar refractivity (Wildman–Crippen MR) is 27.6 cm³/mol. The monoisotopic (exact) mass is 108 g/mol. The predicted octanol–water partition coefficient (Wildman–Crippen LogP) is 0.790. The average molecular weight is 108 g/mol. The van der Waals surface area contributed by atoms with Gasteiger partial charge in [-0.1, -0.05) is 0 Å². The van der Waals surface area contributed by atoms with E-state index in [0.717, 1.165) is 12.8 Å². The Morgan fingerprint density at radius 3 is 2.38 bits per heavy atom. The largest absolute Gasteiger partial charge is 0.290 e. The summed E-state index contributed by atoms with van der Waals surface area (Å²) in [6, 6.07) is 1.96. The SMILES string of the molecule is N#CCC1([C]=O)CC1. The highest BCUT2D eigenvalue weighted by Crippen LogP contribution is 2.46. The highest BCUT2D eigenvalue weighted by molar-refractivity contribution is 5.64. The molecule has 0 aromatic rings. The lowest BCUT2D eigenvalue weighted by molar-refractivity contribution is 0.517. The Bertz CT molecular complexity index is 141. The molecule has 0 amide bonds. The third kappa shape index (κ3) is 0.717. The van der Waals surface area contributed by atoms with Gasteiger partial charge >= 0.3 is 0 Å². The van der Waals surface area contributed by atoms with Crippen molar-refractivity contribution in [1.29, 1.82) is 5.26 Å². The van der Waals surface area contributed by atoms with Gasteiger partial charge in [0.05, 0.1) is 6.07 Å². The molecule has 41 valence electrons. The standard InChI is InChI=1S/C6H6NO/c7-4-3-6(5-8)1-2-6/h1-3H2. The van der Waals surface area contributed by atoms with E-state index in [9.17, 15) is 4.79 Å². The maximum absolute atomic E-state index is 10.0. The molecule has 0 saturated heterocycles. The van der Waals surface area contributed by atoms with Gasteiger partial charge in [0.25, 0.3) is 0 Å². The highest BCUT2D eigenvalue weighted by Gasteiger charge is 2.43. The minimum absolute atomic E-state index is 0.325. The first kappa shape index (κ1) is 5.30. The van der Waals surface area contributed by atoms with Crippen LogP contribution in [-0.2, 0) is 4.79 Å². The Morgan fingerprint density at radius 1 is 1.62 bits per heavy atom. The third-order valence-corrected chi connectivity index (χ3v) is 1.49. The first-order chi connectivity index (χ1) is 3.83. The van der Waals surface area contributed by atoms with E-state index in [1.807, 2.05) is 12.4 Å². The lowest BCUT2D eigenvalue weighted by atomic mass is 10.1. The fraction of sp³-hybridized carbons (Fsp3) is 0.667. The molecule has 2 nitrogen and oxygen atoms in total. The molecule has 0 spiro atoms. The summed E-state index contributed by atoms with van der Waals surface area (Å²) >= 11 is 0. The van der Waals surface area contributed by atoms with Gasteiger partial charge in [0.1, 0.15) is 0 Å². The van der Waals surface area contributed by atoms with Crippen molar-refractivity contribution in [2.75, 3.05) is 0 Å².